The normalized spacial score (nSPS) is 18.3. The van der Waals surface area contributed by atoms with E-state index in [-0.39, 0.29) is 10.3 Å². The van der Waals surface area contributed by atoms with Crippen molar-refractivity contribution in [2.24, 2.45) is 0 Å². The predicted octanol–water partition coefficient (Wildman–Crippen LogP) is 2.21. The van der Waals surface area contributed by atoms with E-state index in [0.29, 0.717) is 24.9 Å². The molecule has 1 saturated heterocycles. The van der Waals surface area contributed by atoms with Crippen molar-refractivity contribution in [1.82, 2.24) is 10.1 Å². The van der Waals surface area contributed by atoms with Gasteiger partial charge < -0.3 is 9.26 Å². The summed E-state index contributed by atoms with van der Waals surface area (Å²) in [5.41, 5.74) is 0.578. The van der Waals surface area contributed by atoms with Crippen molar-refractivity contribution in [2.75, 3.05) is 19.5 Å². The van der Waals surface area contributed by atoms with Gasteiger partial charge >= 0.3 is 0 Å². The van der Waals surface area contributed by atoms with Crippen molar-refractivity contribution < 1.29 is 17.7 Å². The molecular weight excluding hydrogens is 304 g/mol. The lowest BCUT2D eigenvalue weighted by Crippen LogP contribution is -2.30. The van der Waals surface area contributed by atoms with Crippen molar-refractivity contribution in [3.8, 4) is 11.4 Å². The van der Waals surface area contributed by atoms with Crippen molar-refractivity contribution in [1.29, 1.82) is 0 Å². The maximum Gasteiger partial charge on any atom is 0.233 e. The van der Waals surface area contributed by atoms with Crippen LogP contribution in [0.2, 0.25) is 0 Å². The minimum Gasteiger partial charge on any atom is -0.381 e. The molecule has 0 radical (unpaired) electrons. The Morgan fingerprint density at radius 2 is 1.77 bits per heavy atom. The molecule has 118 valence electrons. The molecule has 1 fully saturated rings. The highest BCUT2D eigenvalue weighted by molar-refractivity contribution is 7.90. The van der Waals surface area contributed by atoms with Crippen LogP contribution in [-0.4, -0.2) is 38.0 Å². The van der Waals surface area contributed by atoms with Crippen LogP contribution in [0.25, 0.3) is 11.4 Å². The minimum absolute atomic E-state index is 0.157. The van der Waals surface area contributed by atoms with Gasteiger partial charge in [-0.15, -0.1) is 0 Å². The third-order valence-corrected chi connectivity index (χ3v) is 5.21. The van der Waals surface area contributed by atoms with Gasteiger partial charge in [0.15, 0.2) is 9.84 Å². The standard InChI is InChI=1S/C15H18N2O4S/c1-15(7-9-20-10-8-15)14-16-13(17-21-14)11-3-5-12(6-4-11)22(2,18)19/h3-6H,7-10H2,1-2H3. The first-order valence-electron chi connectivity index (χ1n) is 7.11. The van der Waals surface area contributed by atoms with E-state index >= 15 is 0 Å². The third kappa shape index (κ3) is 2.91. The van der Waals surface area contributed by atoms with Gasteiger partial charge in [0.05, 0.1) is 10.3 Å². The monoisotopic (exact) mass is 322 g/mol. The zero-order valence-electron chi connectivity index (χ0n) is 12.6. The molecule has 0 N–H and O–H groups in total. The number of aromatic nitrogens is 2. The molecule has 1 aromatic carbocycles. The number of rotatable bonds is 3. The molecule has 0 aliphatic carbocycles. The van der Waals surface area contributed by atoms with Crippen molar-refractivity contribution in [3.63, 3.8) is 0 Å². The van der Waals surface area contributed by atoms with Gasteiger partial charge in [0.25, 0.3) is 0 Å². The van der Waals surface area contributed by atoms with Crippen LogP contribution < -0.4 is 0 Å². The molecule has 1 aliphatic rings. The Kier molecular flexibility index (Phi) is 3.78. The highest BCUT2D eigenvalue weighted by atomic mass is 32.2. The number of nitrogens with zero attached hydrogens (tertiary/aromatic N) is 2. The van der Waals surface area contributed by atoms with Crippen LogP contribution >= 0.6 is 0 Å². The molecule has 1 aliphatic heterocycles. The van der Waals surface area contributed by atoms with Crippen LogP contribution in [0.1, 0.15) is 25.7 Å². The number of hydrogen-bond donors (Lipinski definition) is 0. The highest BCUT2D eigenvalue weighted by Crippen LogP contribution is 2.34. The van der Waals surface area contributed by atoms with E-state index < -0.39 is 9.84 Å². The number of hydrogen-bond acceptors (Lipinski definition) is 6. The van der Waals surface area contributed by atoms with Crippen molar-refractivity contribution in [2.45, 2.75) is 30.1 Å². The quantitative estimate of drug-likeness (QED) is 0.861. The molecule has 1 aromatic heterocycles. The summed E-state index contributed by atoms with van der Waals surface area (Å²) in [5, 5.41) is 4.02. The summed E-state index contributed by atoms with van der Waals surface area (Å²) >= 11 is 0. The summed E-state index contributed by atoms with van der Waals surface area (Å²) in [6, 6.07) is 6.49. The molecule has 2 aromatic rings. The lowest BCUT2D eigenvalue weighted by atomic mass is 9.82. The van der Waals surface area contributed by atoms with Gasteiger partial charge in [-0.25, -0.2) is 8.42 Å². The molecule has 2 heterocycles. The first-order chi connectivity index (χ1) is 10.4. The molecule has 0 spiro atoms. The molecule has 0 atom stereocenters. The summed E-state index contributed by atoms with van der Waals surface area (Å²) in [6.45, 7) is 3.48. The maximum atomic E-state index is 11.5. The molecule has 0 amide bonds. The largest absolute Gasteiger partial charge is 0.381 e. The summed E-state index contributed by atoms with van der Waals surface area (Å²) in [4.78, 5) is 4.76. The fourth-order valence-electron chi connectivity index (χ4n) is 2.47. The molecule has 3 rings (SSSR count). The third-order valence-electron chi connectivity index (χ3n) is 4.08. The van der Waals surface area contributed by atoms with Crippen LogP contribution in [0, 0.1) is 0 Å². The van der Waals surface area contributed by atoms with Gasteiger partial charge in [0, 0.05) is 25.0 Å². The van der Waals surface area contributed by atoms with Gasteiger partial charge in [-0.1, -0.05) is 12.1 Å². The molecular formula is C15H18N2O4S. The van der Waals surface area contributed by atoms with Crippen LogP contribution in [0.15, 0.2) is 33.7 Å². The zero-order valence-corrected chi connectivity index (χ0v) is 13.4. The zero-order chi connectivity index (χ0) is 15.8. The fraction of sp³-hybridized carbons (Fsp3) is 0.467. The Hall–Kier alpha value is -1.73. The first kappa shape index (κ1) is 15.2. The molecule has 7 heteroatoms. The van der Waals surface area contributed by atoms with E-state index in [0.717, 1.165) is 18.4 Å². The summed E-state index contributed by atoms with van der Waals surface area (Å²) in [7, 11) is -3.20. The lowest BCUT2D eigenvalue weighted by Gasteiger charge is -2.29. The summed E-state index contributed by atoms with van der Waals surface area (Å²) < 4.78 is 33.7. The molecule has 6 nitrogen and oxygen atoms in total. The Bertz CT molecular complexity index is 759. The van der Waals surface area contributed by atoms with Gasteiger partial charge in [-0.2, -0.15) is 4.98 Å². The Morgan fingerprint density at radius 3 is 2.36 bits per heavy atom. The Balaban J connectivity index is 1.87. The van der Waals surface area contributed by atoms with Crippen LogP contribution in [0.5, 0.6) is 0 Å². The van der Waals surface area contributed by atoms with Gasteiger partial charge in [-0.05, 0) is 37.1 Å². The average molecular weight is 322 g/mol. The van der Waals surface area contributed by atoms with Crippen molar-refractivity contribution in [3.05, 3.63) is 30.2 Å². The first-order valence-corrected chi connectivity index (χ1v) is 9.00. The molecule has 0 unspecified atom stereocenters. The average Bonchev–Trinajstić information content (AvgIpc) is 2.98. The van der Waals surface area contributed by atoms with E-state index in [1.165, 1.54) is 6.26 Å². The summed E-state index contributed by atoms with van der Waals surface area (Å²) in [6.07, 6.45) is 2.88. The lowest BCUT2D eigenvalue weighted by molar-refractivity contribution is 0.0447. The van der Waals surface area contributed by atoms with Crippen LogP contribution in [0.3, 0.4) is 0 Å². The van der Waals surface area contributed by atoms with Gasteiger partial charge in [0.1, 0.15) is 0 Å². The SMILES string of the molecule is CC1(c2nc(-c3ccc(S(C)(=O)=O)cc3)no2)CCOCC1. The second kappa shape index (κ2) is 5.48. The van der Waals surface area contributed by atoms with E-state index in [4.69, 9.17) is 9.26 Å². The van der Waals surface area contributed by atoms with Crippen molar-refractivity contribution >= 4 is 9.84 Å². The van der Waals surface area contributed by atoms with Gasteiger partial charge in [-0.3, -0.25) is 0 Å². The van der Waals surface area contributed by atoms with Crippen LogP contribution in [0.4, 0.5) is 0 Å². The summed E-state index contributed by atoms with van der Waals surface area (Å²) in [5.74, 6) is 1.08. The predicted molar refractivity (Wildman–Crippen MR) is 80.2 cm³/mol. The number of benzene rings is 1. The Labute approximate surface area is 129 Å². The molecule has 22 heavy (non-hydrogen) atoms. The maximum absolute atomic E-state index is 11.5. The van der Waals surface area contributed by atoms with E-state index in [9.17, 15) is 8.42 Å². The second-order valence-electron chi connectivity index (χ2n) is 5.89. The number of ether oxygens (including phenoxy) is 1. The number of sulfone groups is 1. The highest BCUT2D eigenvalue weighted by Gasteiger charge is 2.35. The topological polar surface area (TPSA) is 82.3 Å². The minimum atomic E-state index is -3.20. The van der Waals surface area contributed by atoms with Crippen LogP contribution in [-0.2, 0) is 20.0 Å². The fourth-order valence-corrected chi connectivity index (χ4v) is 3.10. The molecule has 0 saturated carbocycles. The second-order valence-corrected chi connectivity index (χ2v) is 7.91. The van der Waals surface area contributed by atoms with E-state index in [1.807, 2.05) is 0 Å². The smallest absolute Gasteiger partial charge is 0.233 e. The van der Waals surface area contributed by atoms with E-state index in [1.54, 1.807) is 24.3 Å². The molecule has 0 bridgehead atoms. The Morgan fingerprint density at radius 1 is 1.14 bits per heavy atom. The van der Waals surface area contributed by atoms with Gasteiger partial charge in [0.2, 0.25) is 11.7 Å². The van der Waals surface area contributed by atoms with E-state index in [2.05, 4.69) is 17.1 Å².